The van der Waals surface area contributed by atoms with Crippen LogP contribution in [0.3, 0.4) is 0 Å². The number of benzene rings is 1. The molecule has 3 heterocycles. The molecule has 2 aromatic heterocycles. The van der Waals surface area contributed by atoms with Crippen molar-refractivity contribution in [2.24, 2.45) is 13.0 Å². The van der Waals surface area contributed by atoms with Gasteiger partial charge >= 0.3 is 0 Å². The van der Waals surface area contributed by atoms with Crippen LogP contribution in [0.5, 0.6) is 0 Å². The van der Waals surface area contributed by atoms with Crippen LogP contribution in [-0.4, -0.2) is 55.7 Å². The van der Waals surface area contributed by atoms with E-state index in [9.17, 15) is 14.4 Å². The number of rotatable bonds is 5. The highest BCUT2D eigenvalue weighted by Gasteiger charge is 2.24. The Balaban J connectivity index is 1.31. The zero-order valence-corrected chi connectivity index (χ0v) is 16.8. The fourth-order valence-corrected chi connectivity index (χ4v) is 3.78. The molecule has 3 aromatic rings. The van der Waals surface area contributed by atoms with Crippen molar-refractivity contribution in [3.05, 3.63) is 58.8 Å². The number of nitrogens with zero attached hydrogens (tertiary/aromatic N) is 5. The van der Waals surface area contributed by atoms with Gasteiger partial charge < -0.3 is 10.2 Å². The lowest BCUT2D eigenvalue weighted by atomic mass is 9.96. The minimum Gasteiger partial charge on any atom is -0.352 e. The third-order valence-corrected chi connectivity index (χ3v) is 5.53. The van der Waals surface area contributed by atoms with Crippen LogP contribution in [0.4, 0.5) is 0 Å². The van der Waals surface area contributed by atoms with Gasteiger partial charge in [-0.3, -0.25) is 23.6 Å². The summed E-state index contributed by atoms with van der Waals surface area (Å²) in [5, 5.41) is 6.95. The van der Waals surface area contributed by atoms with Gasteiger partial charge in [-0.25, -0.2) is 4.98 Å². The van der Waals surface area contributed by atoms with Crippen molar-refractivity contribution in [3.8, 4) is 0 Å². The summed E-state index contributed by atoms with van der Waals surface area (Å²) in [6.45, 7) is 1.81. The number of likely N-dealkylation sites (tertiary alicyclic amines) is 1. The third kappa shape index (κ3) is 4.24. The zero-order valence-electron chi connectivity index (χ0n) is 16.8. The highest BCUT2D eigenvalue weighted by atomic mass is 16.2. The lowest BCUT2D eigenvalue weighted by Gasteiger charge is -2.32. The van der Waals surface area contributed by atoms with Gasteiger partial charge in [0.25, 0.3) is 11.5 Å². The molecule has 0 aliphatic carbocycles. The summed E-state index contributed by atoms with van der Waals surface area (Å²) in [5.74, 6) is 0.107. The number of nitrogens with one attached hydrogen (secondary N) is 1. The number of hydrogen-bond donors (Lipinski definition) is 1. The number of aromatic nitrogens is 4. The molecule has 2 amide bonds. The van der Waals surface area contributed by atoms with E-state index in [1.54, 1.807) is 35.1 Å². The van der Waals surface area contributed by atoms with Crippen molar-refractivity contribution >= 4 is 22.8 Å². The Hall–Kier alpha value is -3.49. The molecule has 0 saturated carbocycles. The lowest BCUT2D eigenvalue weighted by molar-refractivity contribution is -0.133. The van der Waals surface area contributed by atoms with E-state index in [2.05, 4.69) is 15.4 Å². The lowest BCUT2D eigenvalue weighted by Crippen LogP contribution is -2.43. The number of hydrogen-bond acceptors (Lipinski definition) is 5. The first-order valence-corrected chi connectivity index (χ1v) is 10.0. The maximum atomic E-state index is 12.8. The van der Waals surface area contributed by atoms with Crippen LogP contribution in [0.2, 0.25) is 0 Å². The summed E-state index contributed by atoms with van der Waals surface area (Å²) in [6.07, 6.45) is 6.10. The Morgan fingerprint density at radius 2 is 1.93 bits per heavy atom. The van der Waals surface area contributed by atoms with Gasteiger partial charge in [-0.15, -0.1) is 0 Å². The molecule has 30 heavy (non-hydrogen) atoms. The van der Waals surface area contributed by atoms with Gasteiger partial charge in [-0.05, 0) is 30.9 Å². The normalized spacial score (nSPS) is 14.8. The monoisotopic (exact) mass is 408 g/mol. The number of carbonyl (C=O) groups excluding carboxylic acids is 2. The minimum atomic E-state index is -0.282. The van der Waals surface area contributed by atoms with Crippen molar-refractivity contribution in [3.63, 3.8) is 0 Å². The Bertz CT molecular complexity index is 1130. The Kier molecular flexibility index (Phi) is 5.60. The van der Waals surface area contributed by atoms with Crippen LogP contribution < -0.4 is 10.9 Å². The minimum absolute atomic E-state index is 0.00424. The van der Waals surface area contributed by atoms with Gasteiger partial charge in [0.1, 0.15) is 6.54 Å². The molecule has 4 rings (SSSR count). The Morgan fingerprint density at radius 1 is 1.17 bits per heavy atom. The SMILES string of the molecule is Cn1cc(C(=O)NCC2CCN(C(=O)Cn3c(=O)cnc4ccccc43)CC2)cn1. The molecule has 1 aliphatic heterocycles. The van der Waals surface area contributed by atoms with Crippen molar-refractivity contribution in [2.45, 2.75) is 19.4 Å². The number of fused-ring (bicyclic) bond motifs is 1. The maximum Gasteiger partial charge on any atom is 0.269 e. The zero-order chi connectivity index (χ0) is 21.1. The van der Waals surface area contributed by atoms with Gasteiger partial charge in [0, 0.05) is 32.9 Å². The Labute approximate surface area is 173 Å². The topological polar surface area (TPSA) is 102 Å². The molecule has 9 heteroatoms. The molecular formula is C21H24N6O3. The average Bonchev–Trinajstić information content (AvgIpc) is 3.21. The molecular weight excluding hydrogens is 384 g/mol. The molecule has 0 atom stereocenters. The van der Waals surface area contributed by atoms with Crippen LogP contribution in [0.25, 0.3) is 11.0 Å². The number of aryl methyl sites for hydroxylation is 1. The van der Waals surface area contributed by atoms with E-state index in [-0.39, 0.29) is 23.9 Å². The van der Waals surface area contributed by atoms with E-state index in [1.165, 1.54) is 10.8 Å². The first kappa shape index (κ1) is 19.8. The van der Waals surface area contributed by atoms with Crippen molar-refractivity contribution in [2.75, 3.05) is 19.6 Å². The molecule has 1 aliphatic rings. The molecule has 0 spiro atoms. The van der Waals surface area contributed by atoms with Crippen LogP contribution in [0.15, 0.2) is 47.7 Å². The van der Waals surface area contributed by atoms with Gasteiger partial charge in [-0.1, -0.05) is 12.1 Å². The van der Waals surface area contributed by atoms with E-state index in [1.807, 2.05) is 18.2 Å². The number of piperidine rings is 1. The fraction of sp³-hybridized carbons (Fsp3) is 0.381. The average molecular weight is 408 g/mol. The first-order chi connectivity index (χ1) is 14.5. The quantitative estimate of drug-likeness (QED) is 0.673. The van der Waals surface area contributed by atoms with E-state index in [0.29, 0.717) is 42.1 Å². The third-order valence-electron chi connectivity index (χ3n) is 5.53. The molecule has 1 N–H and O–H groups in total. The van der Waals surface area contributed by atoms with Gasteiger partial charge in [0.05, 0.1) is 29.0 Å². The summed E-state index contributed by atoms with van der Waals surface area (Å²) in [7, 11) is 1.77. The second kappa shape index (κ2) is 8.48. The van der Waals surface area contributed by atoms with Gasteiger partial charge in [0.2, 0.25) is 5.91 Å². The summed E-state index contributed by atoms with van der Waals surface area (Å²) >= 11 is 0. The first-order valence-electron chi connectivity index (χ1n) is 10.0. The van der Waals surface area contributed by atoms with Crippen LogP contribution >= 0.6 is 0 Å². The highest BCUT2D eigenvalue weighted by Crippen LogP contribution is 2.17. The van der Waals surface area contributed by atoms with Crippen LogP contribution in [0.1, 0.15) is 23.2 Å². The second-order valence-corrected chi connectivity index (χ2v) is 7.61. The second-order valence-electron chi connectivity index (χ2n) is 7.61. The fourth-order valence-electron chi connectivity index (χ4n) is 3.78. The van der Waals surface area contributed by atoms with Gasteiger partial charge in [0.15, 0.2) is 0 Å². The summed E-state index contributed by atoms with van der Waals surface area (Å²) < 4.78 is 3.07. The molecule has 0 radical (unpaired) electrons. The molecule has 9 nitrogen and oxygen atoms in total. The van der Waals surface area contributed by atoms with Crippen LogP contribution in [0, 0.1) is 5.92 Å². The van der Waals surface area contributed by atoms with Crippen molar-refractivity contribution in [1.82, 2.24) is 29.5 Å². The number of para-hydroxylation sites is 2. The predicted molar refractivity (Wildman–Crippen MR) is 111 cm³/mol. The van der Waals surface area contributed by atoms with Crippen molar-refractivity contribution < 1.29 is 9.59 Å². The largest absolute Gasteiger partial charge is 0.352 e. The van der Waals surface area contributed by atoms with E-state index in [4.69, 9.17) is 0 Å². The number of amides is 2. The van der Waals surface area contributed by atoms with E-state index in [0.717, 1.165) is 12.8 Å². The Morgan fingerprint density at radius 3 is 2.67 bits per heavy atom. The molecule has 1 aromatic carbocycles. The number of carbonyl (C=O) groups is 2. The van der Waals surface area contributed by atoms with Crippen LogP contribution in [-0.2, 0) is 18.4 Å². The van der Waals surface area contributed by atoms with E-state index >= 15 is 0 Å². The summed E-state index contributed by atoms with van der Waals surface area (Å²) in [6, 6.07) is 7.30. The standard InChI is InChI=1S/C21H24N6O3/c1-25-13-16(11-24-25)21(30)23-10-15-6-8-26(9-7-15)20(29)14-27-18-5-3-2-4-17(18)22-12-19(27)28/h2-5,11-13,15H,6-10,14H2,1H3,(H,23,30). The van der Waals surface area contributed by atoms with E-state index < -0.39 is 0 Å². The summed E-state index contributed by atoms with van der Waals surface area (Å²) in [5.41, 5.74) is 1.61. The molecule has 156 valence electrons. The predicted octanol–water partition coefficient (Wildman–Crippen LogP) is 0.799. The molecule has 1 saturated heterocycles. The molecule has 1 fully saturated rings. The highest BCUT2D eigenvalue weighted by molar-refractivity contribution is 5.93. The van der Waals surface area contributed by atoms with Crippen molar-refractivity contribution in [1.29, 1.82) is 0 Å². The van der Waals surface area contributed by atoms with Gasteiger partial charge in [-0.2, -0.15) is 5.10 Å². The molecule has 0 bridgehead atoms. The molecule has 0 unspecified atom stereocenters. The maximum absolute atomic E-state index is 12.8. The smallest absolute Gasteiger partial charge is 0.269 e. The summed E-state index contributed by atoms with van der Waals surface area (Å²) in [4.78, 5) is 43.1.